The van der Waals surface area contributed by atoms with Crippen LogP contribution in [-0.4, -0.2) is 17.5 Å². The van der Waals surface area contributed by atoms with Crippen molar-refractivity contribution in [2.75, 3.05) is 11.5 Å². The summed E-state index contributed by atoms with van der Waals surface area (Å²) < 4.78 is 6.04. The summed E-state index contributed by atoms with van der Waals surface area (Å²) in [5, 5.41) is 0.670. The first kappa shape index (κ1) is 13.4. The molecule has 1 aliphatic heterocycles. The Bertz CT molecular complexity index is 661. The number of ether oxygens (including phenoxy) is 1. The molecule has 1 aromatic carbocycles. The first-order valence-corrected chi connectivity index (χ1v) is 7.15. The van der Waals surface area contributed by atoms with E-state index in [9.17, 15) is 4.79 Å². The Labute approximate surface area is 129 Å². The molecule has 6 heteroatoms. The molecule has 0 N–H and O–H groups in total. The van der Waals surface area contributed by atoms with E-state index in [-0.39, 0.29) is 12.5 Å². The number of hydrogen-bond acceptors (Lipinski definition) is 3. The van der Waals surface area contributed by atoms with Gasteiger partial charge >= 0.3 is 0 Å². The van der Waals surface area contributed by atoms with E-state index >= 15 is 0 Å². The number of benzene rings is 1. The van der Waals surface area contributed by atoms with Gasteiger partial charge in [0.2, 0.25) is 0 Å². The fourth-order valence-corrected chi connectivity index (χ4v) is 2.42. The topological polar surface area (TPSA) is 42.4 Å². The fourth-order valence-electron chi connectivity index (χ4n) is 1.99. The molecule has 102 valence electrons. The standard InChI is InChI=1S/C14H10BrClN2O2/c15-12-6-5-11-14(17-12)18(13(19)8-20-11)7-9-1-3-10(16)4-2-9/h1-6H,7-8H2. The lowest BCUT2D eigenvalue weighted by atomic mass is 10.2. The zero-order valence-corrected chi connectivity index (χ0v) is 12.7. The first-order valence-electron chi connectivity index (χ1n) is 5.97. The number of aromatic nitrogens is 1. The van der Waals surface area contributed by atoms with Gasteiger partial charge in [0.25, 0.3) is 5.91 Å². The summed E-state index contributed by atoms with van der Waals surface area (Å²) in [6.07, 6.45) is 0. The third-order valence-electron chi connectivity index (χ3n) is 2.97. The van der Waals surface area contributed by atoms with Crippen LogP contribution in [-0.2, 0) is 11.3 Å². The van der Waals surface area contributed by atoms with Crippen LogP contribution in [0.25, 0.3) is 0 Å². The third-order valence-corrected chi connectivity index (χ3v) is 3.66. The van der Waals surface area contributed by atoms with Gasteiger partial charge in [0.05, 0.1) is 6.54 Å². The van der Waals surface area contributed by atoms with E-state index in [1.807, 2.05) is 12.1 Å². The minimum atomic E-state index is -0.113. The van der Waals surface area contributed by atoms with E-state index in [2.05, 4.69) is 20.9 Å². The molecular weight excluding hydrogens is 344 g/mol. The zero-order valence-electron chi connectivity index (χ0n) is 10.3. The van der Waals surface area contributed by atoms with E-state index in [0.717, 1.165) is 5.56 Å². The summed E-state index contributed by atoms with van der Waals surface area (Å²) in [7, 11) is 0. The molecule has 1 aromatic heterocycles. The molecule has 20 heavy (non-hydrogen) atoms. The maximum Gasteiger partial charge on any atom is 0.266 e. The molecule has 1 amide bonds. The number of halogens is 2. The zero-order chi connectivity index (χ0) is 14.1. The molecule has 2 heterocycles. The highest BCUT2D eigenvalue weighted by molar-refractivity contribution is 9.10. The molecule has 0 fully saturated rings. The number of pyridine rings is 1. The third kappa shape index (κ3) is 2.64. The normalized spacial score (nSPS) is 13.9. The number of carbonyl (C=O) groups excluding carboxylic acids is 1. The van der Waals surface area contributed by atoms with Crippen molar-refractivity contribution in [3.05, 3.63) is 51.6 Å². The Hall–Kier alpha value is -1.59. The summed E-state index contributed by atoms with van der Waals surface area (Å²) >= 11 is 9.18. The second kappa shape index (κ2) is 5.42. The van der Waals surface area contributed by atoms with Crippen molar-refractivity contribution in [1.82, 2.24) is 4.98 Å². The van der Waals surface area contributed by atoms with E-state index in [0.29, 0.717) is 27.7 Å². The molecule has 1 aliphatic rings. The van der Waals surface area contributed by atoms with Crippen molar-refractivity contribution >= 4 is 39.3 Å². The van der Waals surface area contributed by atoms with Crippen molar-refractivity contribution in [2.24, 2.45) is 0 Å². The summed E-state index contributed by atoms with van der Waals surface area (Å²) in [6, 6.07) is 11.0. The van der Waals surface area contributed by atoms with Crippen molar-refractivity contribution < 1.29 is 9.53 Å². The lowest BCUT2D eigenvalue weighted by molar-refractivity contribution is -0.121. The molecule has 0 atom stereocenters. The highest BCUT2D eigenvalue weighted by Gasteiger charge is 2.27. The van der Waals surface area contributed by atoms with E-state index in [1.165, 1.54) is 0 Å². The Kier molecular flexibility index (Phi) is 3.63. The predicted molar refractivity (Wildman–Crippen MR) is 80.1 cm³/mol. The van der Waals surface area contributed by atoms with Gasteiger partial charge in [-0.05, 0) is 45.8 Å². The molecule has 2 aromatic rings. The minimum Gasteiger partial charge on any atom is -0.480 e. The highest BCUT2D eigenvalue weighted by Crippen LogP contribution is 2.32. The maximum absolute atomic E-state index is 12.1. The molecule has 0 bridgehead atoms. The van der Waals surface area contributed by atoms with Gasteiger partial charge in [-0.1, -0.05) is 23.7 Å². The number of fused-ring (bicyclic) bond motifs is 1. The van der Waals surface area contributed by atoms with Crippen LogP contribution in [0, 0.1) is 0 Å². The smallest absolute Gasteiger partial charge is 0.266 e. The number of amides is 1. The highest BCUT2D eigenvalue weighted by atomic mass is 79.9. The second-order valence-electron chi connectivity index (χ2n) is 4.35. The van der Waals surface area contributed by atoms with Gasteiger partial charge in [0.15, 0.2) is 18.2 Å². The molecule has 0 spiro atoms. The average Bonchev–Trinajstić information content (AvgIpc) is 2.44. The molecule has 0 unspecified atom stereocenters. The van der Waals surface area contributed by atoms with Crippen molar-refractivity contribution in [3.63, 3.8) is 0 Å². The number of nitrogens with zero attached hydrogens (tertiary/aromatic N) is 2. The van der Waals surface area contributed by atoms with Crippen LogP contribution in [0.3, 0.4) is 0 Å². The van der Waals surface area contributed by atoms with Gasteiger partial charge in [-0.25, -0.2) is 4.98 Å². The summed E-state index contributed by atoms with van der Waals surface area (Å²) in [5.41, 5.74) is 0.984. The SMILES string of the molecule is O=C1COc2ccc(Br)nc2N1Cc1ccc(Cl)cc1. The Balaban J connectivity index is 1.94. The van der Waals surface area contributed by atoms with Crippen LogP contribution in [0.2, 0.25) is 5.02 Å². The fraction of sp³-hybridized carbons (Fsp3) is 0.143. The summed E-state index contributed by atoms with van der Waals surface area (Å²) in [4.78, 5) is 18.0. The van der Waals surface area contributed by atoms with Gasteiger partial charge in [0.1, 0.15) is 4.60 Å². The average molecular weight is 354 g/mol. The van der Waals surface area contributed by atoms with Crippen LogP contribution in [0.4, 0.5) is 5.82 Å². The largest absolute Gasteiger partial charge is 0.480 e. The van der Waals surface area contributed by atoms with E-state index in [1.54, 1.807) is 29.2 Å². The molecule has 0 saturated heterocycles. The number of hydrogen-bond donors (Lipinski definition) is 0. The van der Waals surface area contributed by atoms with Gasteiger partial charge in [-0.2, -0.15) is 0 Å². The summed E-state index contributed by atoms with van der Waals surface area (Å²) in [5.74, 6) is 1.03. The van der Waals surface area contributed by atoms with Gasteiger partial charge in [-0.3, -0.25) is 9.69 Å². The molecule has 4 nitrogen and oxygen atoms in total. The number of carbonyl (C=O) groups is 1. The minimum absolute atomic E-state index is 0.0316. The molecule has 3 rings (SSSR count). The van der Waals surface area contributed by atoms with Crippen LogP contribution in [0.15, 0.2) is 41.0 Å². The van der Waals surface area contributed by atoms with E-state index in [4.69, 9.17) is 16.3 Å². The second-order valence-corrected chi connectivity index (χ2v) is 5.60. The van der Waals surface area contributed by atoms with Crippen molar-refractivity contribution in [1.29, 1.82) is 0 Å². The van der Waals surface area contributed by atoms with Gasteiger partial charge in [-0.15, -0.1) is 0 Å². The van der Waals surface area contributed by atoms with Crippen molar-refractivity contribution in [3.8, 4) is 5.75 Å². The monoisotopic (exact) mass is 352 g/mol. The lowest BCUT2D eigenvalue weighted by Gasteiger charge is -2.28. The molecule has 0 aliphatic carbocycles. The van der Waals surface area contributed by atoms with Gasteiger partial charge < -0.3 is 4.74 Å². The lowest BCUT2D eigenvalue weighted by Crippen LogP contribution is -2.38. The van der Waals surface area contributed by atoms with Crippen LogP contribution < -0.4 is 9.64 Å². The molecule has 0 saturated carbocycles. The molecular formula is C14H10BrClN2O2. The Morgan fingerprint density at radius 1 is 1.25 bits per heavy atom. The van der Waals surface area contributed by atoms with Crippen molar-refractivity contribution in [2.45, 2.75) is 6.54 Å². The van der Waals surface area contributed by atoms with E-state index < -0.39 is 0 Å². The number of rotatable bonds is 2. The number of anilines is 1. The van der Waals surface area contributed by atoms with Crippen LogP contribution >= 0.6 is 27.5 Å². The van der Waals surface area contributed by atoms with Crippen LogP contribution in [0.1, 0.15) is 5.56 Å². The Morgan fingerprint density at radius 3 is 2.75 bits per heavy atom. The summed E-state index contributed by atoms with van der Waals surface area (Å²) in [6.45, 7) is 0.472. The maximum atomic E-state index is 12.1. The predicted octanol–water partition coefficient (Wildman–Crippen LogP) is 3.42. The van der Waals surface area contributed by atoms with Crippen LogP contribution in [0.5, 0.6) is 5.75 Å². The Morgan fingerprint density at radius 2 is 2.00 bits per heavy atom. The molecule has 0 radical (unpaired) electrons. The van der Waals surface area contributed by atoms with Gasteiger partial charge in [0, 0.05) is 5.02 Å². The quantitative estimate of drug-likeness (QED) is 0.777. The first-order chi connectivity index (χ1) is 9.63.